The van der Waals surface area contributed by atoms with Crippen molar-refractivity contribution in [1.82, 2.24) is 19.9 Å². The molecule has 1 aliphatic heterocycles. The molecular weight excluding hydrogens is 366 g/mol. The number of aromatic nitrogens is 3. The molecule has 1 aromatic carbocycles. The first-order valence-electron chi connectivity index (χ1n) is 9.90. The minimum absolute atomic E-state index is 0.0408. The van der Waals surface area contributed by atoms with E-state index in [9.17, 15) is 9.90 Å². The highest BCUT2D eigenvalue weighted by Crippen LogP contribution is 2.36. The molecule has 4 rings (SSSR count). The van der Waals surface area contributed by atoms with Crippen molar-refractivity contribution in [3.63, 3.8) is 0 Å². The van der Waals surface area contributed by atoms with Gasteiger partial charge in [-0.05, 0) is 44.5 Å². The molecule has 2 aromatic heterocycles. The molecule has 29 heavy (non-hydrogen) atoms. The van der Waals surface area contributed by atoms with Gasteiger partial charge >= 0.3 is 6.09 Å². The summed E-state index contributed by atoms with van der Waals surface area (Å²) in [6, 6.07) is 11.7. The summed E-state index contributed by atoms with van der Waals surface area (Å²) in [5.41, 5.74) is 1.27. The molecule has 0 radical (unpaired) electrons. The van der Waals surface area contributed by atoms with Gasteiger partial charge in [0.2, 0.25) is 0 Å². The Hall–Kier alpha value is -3.22. The fraction of sp³-hybridized carbons (Fsp3) is 0.364. The molecule has 1 aliphatic rings. The Balaban J connectivity index is 1.86. The molecular formula is C22H25N5O2. The van der Waals surface area contributed by atoms with Crippen molar-refractivity contribution in [2.45, 2.75) is 38.8 Å². The highest BCUT2D eigenvalue weighted by Gasteiger charge is 2.45. The zero-order valence-electron chi connectivity index (χ0n) is 16.9. The summed E-state index contributed by atoms with van der Waals surface area (Å²) in [6.45, 7) is 7.16. The summed E-state index contributed by atoms with van der Waals surface area (Å²) >= 11 is 0. The minimum Gasteiger partial charge on any atom is -0.465 e. The number of fused-ring (bicyclic) bond motifs is 1. The highest BCUT2D eigenvalue weighted by atomic mass is 16.4. The number of amides is 1. The SMILES string of the molecule is CCC1(C)C(C)N(c2nc(-c3ccncc3)nc3ccccc23)CCN1C(=O)O. The summed E-state index contributed by atoms with van der Waals surface area (Å²) in [6.07, 6.45) is 3.31. The van der Waals surface area contributed by atoms with Crippen LogP contribution >= 0.6 is 0 Å². The van der Waals surface area contributed by atoms with Gasteiger partial charge in [-0.1, -0.05) is 19.1 Å². The molecule has 0 bridgehead atoms. The molecule has 1 fully saturated rings. The van der Waals surface area contributed by atoms with E-state index < -0.39 is 11.6 Å². The Morgan fingerprint density at radius 3 is 2.59 bits per heavy atom. The minimum atomic E-state index is -0.870. The molecule has 1 amide bonds. The summed E-state index contributed by atoms with van der Waals surface area (Å²) in [4.78, 5) is 29.4. The van der Waals surface area contributed by atoms with Gasteiger partial charge in [0.15, 0.2) is 5.82 Å². The van der Waals surface area contributed by atoms with Crippen molar-refractivity contribution >= 4 is 22.8 Å². The standard InChI is InChI=1S/C22H25N5O2/c1-4-22(3)15(2)26(13-14-27(22)21(28)29)20-17-7-5-6-8-18(17)24-19(25-20)16-9-11-23-12-10-16/h5-12,15H,4,13-14H2,1-3H3,(H,28,29). The molecule has 3 aromatic rings. The van der Waals surface area contributed by atoms with E-state index >= 15 is 0 Å². The van der Waals surface area contributed by atoms with Crippen LogP contribution in [0.2, 0.25) is 0 Å². The lowest BCUT2D eigenvalue weighted by atomic mass is 9.85. The van der Waals surface area contributed by atoms with Gasteiger partial charge in [-0.25, -0.2) is 14.8 Å². The third kappa shape index (κ3) is 3.16. The zero-order valence-corrected chi connectivity index (χ0v) is 16.9. The van der Waals surface area contributed by atoms with Crippen LogP contribution in [0.3, 0.4) is 0 Å². The molecule has 1 saturated heterocycles. The van der Waals surface area contributed by atoms with Crippen molar-refractivity contribution < 1.29 is 9.90 Å². The second-order valence-corrected chi connectivity index (χ2v) is 7.64. The molecule has 0 spiro atoms. The number of benzene rings is 1. The van der Waals surface area contributed by atoms with Gasteiger partial charge in [0, 0.05) is 36.4 Å². The van der Waals surface area contributed by atoms with Gasteiger partial charge < -0.3 is 10.0 Å². The van der Waals surface area contributed by atoms with Gasteiger partial charge in [-0.3, -0.25) is 9.88 Å². The smallest absolute Gasteiger partial charge is 0.407 e. The zero-order chi connectivity index (χ0) is 20.6. The van der Waals surface area contributed by atoms with Crippen molar-refractivity contribution in [3.8, 4) is 11.4 Å². The van der Waals surface area contributed by atoms with Crippen LogP contribution in [0.1, 0.15) is 27.2 Å². The Morgan fingerprint density at radius 1 is 1.17 bits per heavy atom. The van der Waals surface area contributed by atoms with Gasteiger partial charge in [0.1, 0.15) is 5.82 Å². The van der Waals surface area contributed by atoms with E-state index in [-0.39, 0.29) is 6.04 Å². The van der Waals surface area contributed by atoms with Crippen molar-refractivity contribution in [2.75, 3.05) is 18.0 Å². The van der Waals surface area contributed by atoms with E-state index in [0.29, 0.717) is 18.9 Å². The van der Waals surface area contributed by atoms with Gasteiger partial charge in [0.05, 0.1) is 17.1 Å². The number of carboxylic acid groups (broad SMARTS) is 1. The van der Waals surface area contributed by atoms with Crippen LogP contribution in [-0.4, -0.2) is 55.7 Å². The Labute approximate surface area is 170 Å². The lowest BCUT2D eigenvalue weighted by Gasteiger charge is -2.52. The van der Waals surface area contributed by atoms with Crippen LogP contribution in [0, 0.1) is 0 Å². The first-order chi connectivity index (χ1) is 14.0. The monoisotopic (exact) mass is 391 g/mol. The average Bonchev–Trinajstić information content (AvgIpc) is 2.75. The molecule has 0 saturated carbocycles. The molecule has 7 nitrogen and oxygen atoms in total. The first-order valence-corrected chi connectivity index (χ1v) is 9.90. The van der Waals surface area contributed by atoms with E-state index in [1.54, 1.807) is 17.3 Å². The fourth-order valence-electron chi connectivity index (χ4n) is 4.22. The summed E-state index contributed by atoms with van der Waals surface area (Å²) in [7, 11) is 0. The van der Waals surface area contributed by atoms with E-state index in [1.165, 1.54) is 0 Å². The van der Waals surface area contributed by atoms with E-state index in [1.807, 2.05) is 50.2 Å². The van der Waals surface area contributed by atoms with E-state index in [4.69, 9.17) is 9.97 Å². The summed E-state index contributed by atoms with van der Waals surface area (Å²) in [5.74, 6) is 1.49. The van der Waals surface area contributed by atoms with Crippen LogP contribution in [0.15, 0.2) is 48.8 Å². The molecule has 0 aliphatic carbocycles. The van der Waals surface area contributed by atoms with Gasteiger partial charge in [-0.15, -0.1) is 0 Å². The predicted molar refractivity (Wildman–Crippen MR) is 113 cm³/mol. The second-order valence-electron chi connectivity index (χ2n) is 7.64. The number of piperazine rings is 1. The lowest BCUT2D eigenvalue weighted by Crippen LogP contribution is -2.67. The Morgan fingerprint density at radius 2 is 1.90 bits per heavy atom. The Kier molecular flexibility index (Phi) is 4.82. The largest absolute Gasteiger partial charge is 0.465 e. The lowest BCUT2D eigenvalue weighted by molar-refractivity contribution is 0.0515. The number of hydrogen-bond acceptors (Lipinski definition) is 5. The first kappa shape index (κ1) is 19.1. The number of pyridine rings is 1. The number of nitrogens with zero attached hydrogens (tertiary/aromatic N) is 5. The van der Waals surface area contributed by atoms with Crippen LogP contribution in [-0.2, 0) is 0 Å². The quantitative estimate of drug-likeness (QED) is 0.725. The molecule has 1 N–H and O–H groups in total. The maximum Gasteiger partial charge on any atom is 0.407 e. The van der Waals surface area contributed by atoms with Crippen molar-refractivity contribution in [2.24, 2.45) is 0 Å². The fourth-order valence-corrected chi connectivity index (χ4v) is 4.22. The number of anilines is 1. The van der Waals surface area contributed by atoms with E-state index in [2.05, 4.69) is 16.8 Å². The van der Waals surface area contributed by atoms with Crippen LogP contribution in [0.5, 0.6) is 0 Å². The van der Waals surface area contributed by atoms with Crippen LogP contribution in [0.4, 0.5) is 10.6 Å². The molecule has 7 heteroatoms. The normalized spacial score (nSPS) is 22.1. The number of rotatable bonds is 3. The van der Waals surface area contributed by atoms with Crippen LogP contribution in [0.25, 0.3) is 22.3 Å². The third-order valence-corrected chi connectivity index (χ3v) is 6.29. The molecule has 2 atom stereocenters. The van der Waals surface area contributed by atoms with Crippen molar-refractivity contribution in [1.29, 1.82) is 0 Å². The number of hydrogen-bond donors (Lipinski definition) is 1. The summed E-state index contributed by atoms with van der Waals surface area (Å²) in [5, 5.41) is 10.7. The van der Waals surface area contributed by atoms with Crippen LogP contribution < -0.4 is 4.90 Å². The predicted octanol–water partition coefficient (Wildman–Crippen LogP) is 4.05. The van der Waals surface area contributed by atoms with Gasteiger partial charge in [-0.2, -0.15) is 0 Å². The Bertz CT molecular complexity index is 1040. The average molecular weight is 391 g/mol. The van der Waals surface area contributed by atoms with Crippen molar-refractivity contribution in [3.05, 3.63) is 48.8 Å². The summed E-state index contributed by atoms with van der Waals surface area (Å²) < 4.78 is 0. The van der Waals surface area contributed by atoms with Gasteiger partial charge in [0.25, 0.3) is 0 Å². The topological polar surface area (TPSA) is 82.5 Å². The molecule has 2 unspecified atom stereocenters. The second kappa shape index (κ2) is 7.31. The maximum atomic E-state index is 11.8. The third-order valence-electron chi connectivity index (χ3n) is 6.29. The molecule has 150 valence electrons. The van der Waals surface area contributed by atoms with E-state index in [0.717, 1.165) is 28.7 Å². The molecule has 3 heterocycles. The maximum absolute atomic E-state index is 11.8. The highest BCUT2D eigenvalue weighted by molar-refractivity contribution is 5.91. The number of carbonyl (C=O) groups is 1. The number of para-hydroxylation sites is 1.